The van der Waals surface area contributed by atoms with Crippen LogP contribution in [0, 0.1) is 0 Å². The van der Waals surface area contributed by atoms with Gasteiger partial charge in [-0.1, -0.05) is 62.7 Å². The number of amides is 1. The van der Waals surface area contributed by atoms with Gasteiger partial charge in [-0.2, -0.15) is 5.10 Å². The predicted octanol–water partition coefficient (Wildman–Crippen LogP) is 6.14. The van der Waals surface area contributed by atoms with Crippen molar-refractivity contribution in [1.82, 2.24) is 5.43 Å². The highest BCUT2D eigenvalue weighted by Crippen LogP contribution is 2.29. The van der Waals surface area contributed by atoms with E-state index in [1.54, 1.807) is 26.2 Å². The van der Waals surface area contributed by atoms with E-state index in [2.05, 4.69) is 31.3 Å². The van der Waals surface area contributed by atoms with Crippen molar-refractivity contribution in [3.8, 4) is 17.2 Å². The van der Waals surface area contributed by atoms with Gasteiger partial charge in [-0.3, -0.25) is 4.79 Å². The molecule has 0 saturated heterocycles. The molecular formula is C28H31ClN2O4. The first-order valence-electron chi connectivity index (χ1n) is 11.3. The number of carbonyl (C=O) groups excluding carboxylic acids is 1. The van der Waals surface area contributed by atoms with E-state index in [0.717, 1.165) is 11.1 Å². The number of carbonyl (C=O) groups is 1. The van der Waals surface area contributed by atoms with Crippen LogP contribution in [0.1, 0.15) is 44.4 Å². The SMILES string of the molecule is COc1cc(/C=N/NC(=O)C(C)Oc2ccc(C(C)(C)C)cc2)ccc1OCc1ccccc1Cl. The minimum Gasteiger partial charge on any atom is -0.493 e. The lowest BCUT2D eigenvalue weighted by molar-refractivity contribution is -0.127. The number of methoxy groups -OCH3 is 1. The maximum Gasteiger partial charge on any atom is 0.280 e. The number of rotatable bonds is 9. The van der Waals surface area contributed by atoms with Gasteiger partial charge in [0.05, 0.1) is 13.3 Å². The van der Waals surface area contributed by atoms with Crippen molar-refractivity contribution in [2.45, 2.75) is 45.8 Å². The van der Waals surface area contributed by atoms with E-state index in [1.807, 2.05) is 54.6 Å². The minimum absolute atomic E-state index is 0.0544. The van der Waals surface area contributed by atoms with Crippen LogP contribution in [0.4, 0.5) is 0 Å². The smallest absolute Gasteiger partial charge is 0.280 e. The van der Waals surface area contributed by atoms with Crippen LogP contribution in [0.5, 0.6) is 17.2 Å². The summed E-state index contributed by atoms with van der Waals surface area (Å²) in [7, 11) is 1.56. The maximum atomic E-state index is 12.4. The molecule has 6 nitrogen and oxygen atoms in total. The molecule has 3 aromatic carbocycles. The third-order valence-electron chi connectivity index (χ3n) is 5.32. The second-order valence-electron chi connectivity index (χ2n) is 9.06. The molecule has 0 bridgehead atoms. The molecule has 0 aliphatic rings. The summed E-state index contributed by atoms with van der Waals surface area (Å²) in [6.07, 6.45) is 0.825. The molecule has 1 N–H and O–H groups in total. The number of hydrazone groups is 1. The number of ether oxygens (including phenoxy) is 3. The Morgan fingerprint density at radius 2 is 1.77 bits per heavy atom. The average molecular weight is 495 g/mol. The first-order valence-corrected chi connectivity index (χ1v) is 11.7. The van der Waals surface area contributed by atoms with Gasteiger partial charge in [0, 0.05) is 10.6 Å². The van der Waals surface area contributed by atoms with E-state index in [0.29, 0.717) is 28.9 Å². The van der Waals surface area contributed by atoms with Gasteiger partial charge in [0.2, 0.25) is 0 Å². The second-order valence-corrected chi connectivity index (χ2v) is 9.47. The topological polar surface area (TPSA) is 69.2 Å². The van der Waals surface area contributed by atoms with Gasteiger partial charge in [0.25, 0.3) is 5.91 Å². The van der Waals surface area contributed by atoms with Crippen molar-refractivity contribution in [1.29, 1.82) is 0 Å². The Morgan fingerprint density at radius 1 is 1.06 bits per heavy atom. The number of hydrogen-bond donors (Lipinski definition) is 1. The monoisotopic (exact) mass is 494 g/mol. The van der Waals surface area contributed by atoms with Crippen molar-refractivity contribution in [2.24, 2.45) is 5.10 Å². The molecule has 1 atom stereocenters. The normalized spacial score (nSPS) is 12.3. The lowest BCUT2D eigenvalue weighted by Crippen LogP contribution is -2.33. The summed E-state index contributed by atoms with van der Waals surface area (Å²) >= 11 is 6.19. The zero-order chi connectivity index (χ0) is 25.4. The zero-order valence-electron chi connectivity index (χ0n) is 20.7. The summed E-state index contributed by atoms with van der Waals surface area (Å²) in [6, 6.07) is 20.6. The average Bonchev–Trinajstić information content (AvgIpc) is 2.83. The van der Waals surface area contributed by atoms with Crippen LogP contribution in [0.2, 0.25) is 5.02 Å². The number of benzene rings is 3. The Kier molecular flexibility index (Phi) is 8.77. The van der Waals surface area contributed by atoms with Crippen LogP contribution in [0.15, 0.2) is 71.8 Å². The van der Waals surface area contributed by atoms with Gasteiger partial charge in [-0.05, 0) is 59.9 Å². The van der Waals surface area contributed by atoms with Gasteiger partial charge in [0.15, 0.2) is 17.6 Å². The van der Waals surface area contributed by atoms with Crippen molar-refractivity contribution < 1.29 is 19.0 Å². The van der Waals surface area contributed by atoms with Crippen LogP contribution in [0.25, 0.3) is 0 Å². The summed E-state index contributed by atoms with van der Waals surface area (Å²) in [5, 5.41) is 4.69. The van der Waals surface area contributed by atoms with Gasteiger partial charge >= 0.3 is 0 Å². The molecular weight excluding hydrogens is 464 g/mol. The van der Waals surface area contributed by atoms with E-state index in [4.69, 9.17) is 25.8 Å². The van der Waals surface area contributed by atoms with E-state index in [-0.39, 0.29) is 11.3 Å². The molecule has 0 spiro atoms. The van der Waals surface area contributed by atoms with E-state index in [1.165, 1.54) is 11.8 Å². The van der Waals surface area contributed by atoms with Crippen LogP contribution in [-0.4, -0.2) is 25.3 Å². The number of nitrogens with one attached hydrogen (secondary N) is 1. The Labute approximate surface area is 211 Å². The largest absolute Gasteiger partial charge is 0.493 e. The number of nitrogens with zero attached hydrogens (tertiary/aromatic N) is 1. The molecule has 3 aromatic rings. The van der Waals surface area contributed by atoms with Gasteiger partial charge in [-0.15, -0.1) is 0 Å². The van der Waals surface area contributed by atoms with E-state index >= 15 is 0 Å². The van der Waals surface area contributed by atoms with Crippen molar-refractivity contribution in [3.05, 3.63) is 88.4 Å². The van der Waals surface area contributed by atoms with Crippen LogP contribution >= 0.6 is 11.6 Å². The highest BCUT2D eigenvalue weighted by Gasteiger charge is 2.16. The minimum atomic E-state index is -0.706. The first kappa shape index (κ1) is 26.1. The summed E-state index contributed by atoms with van der Waals surface area (Å²) < 4.78 is 17.0. The standard InChI is InChI=1S/C28H31ClN2O4/c1-19(35-23-13-11-22(12-14-23)28(2,3)4)27(32)31-30-17-20-10-15-25(26(16-20)33-5)34-18-21-8-6-7-9-24(21)29/h6-17,19H,18H2,1-5H3,(H,31,32)/b30-17+. The maximum absolute atomic E-state index is 12.4. The van der Waals surface area contributed by atoms with Gasteiger partial charge < -0.3 is 14.2 Å². The molecule has 3 rings (SSSR count). The van der Waals surface area contributed by atoms with Crippen molar-refractivity contribution in [2.75, 3.05) is 7.11 Å². The third-order valence-corrected chi connectivity index (χ3v) is 5.69. The van der Waals surface area contributed by atoms with Gasteiger partial charge in [-0.25, -0.2) is 5.43 Å². The molecule has 0 saturated carbocycles. The Hall–Kier alpha value is -3.51. The fourth-order valence-corrected chi connectivity index (χ4v) is 3.40. The molecule has 1 amide bonds. The fraction of sp³-hybridized carbons (Fsp3) is 0.286. The molecule has 0 heterocycles. The van der Waals surface area contributed by atoms with E-state index < -0.39 is 6.10 Å². The van der Waals surface area contributed by atoms with Crippen molar-refractivity contribution in [3.63, 3.8) is 0 Å². The van der Waals surface area contributed by atoms with Gasteiger partial charge in [0.1, 0.15) is 12.4 Å². The molecule has 0 radical (unpaired) electrons. The molecule has 0 aliphatic heterocycles. The number of halogens is 1. The van der Waals surface area contributed by atoms with Crippen LogP contribution in [-0.2, 0) is 16.8 Å². The molecule has 0 aliphatic carbocycles. The summed E-state index contributed by atoms with van der Waals surface area (Å²) in [5.74, 6) is 1.39. The molecule has 0 fully saturated rings. The quantitative estimate of drug-likeness (QED) is 0.286. The van der Waals surface area contributed by atoms with Crippen molar-refractivity contribution >= 4 is 23.7 Å². The summed E-state index contributed by atoms with van der Waals surface area (Å²) in [4.78, 5) is 12.4. The summed E-state index contributed by atoms with van der Waals surface area (Å²) in [6.45, 7) is 8.43. The Bertz CT molecular complexity index is 1170. The first-order chi connectivity index (χ1) is 16.7. The van der Waals surface area contributed by atoms with Crippen LogP contribution in [0.3, 0.4) is 0 Å². The highest BCUT2D eigenvalue weighted by molar-refractivity contribution is 6.31. The molecule has 35 heavy (non-hydrogen) atoms. The highest BCUT2D eigenvalue weighted by atomic mass is 35.5. The Morgan fingerprint density at radius 3 is 2.43 bits per heavy atom. The third kappa shape index (κ3) is 7.49. The molecule has 7 heteroatoms. The fourth-order valence-electron chi connectivity index (χ4n) is 3.21. The predicted molar refractivity (Wildman–Crippen MR) is 140 cm³/mol. The lowest BCUT2D eigenvalue weighted by atomic mass is 9.87. The molecule has 1 unspecified atom stereocenters. The zero-order valence-corrected chi connectivity index (χ0v) is 21.4. The number of hydrogen-bond acceptors (Lipinski definition) is 5. The van der Waals surface area contributed by atoms with E-state index in [9.17, 15) is 4.79 Å². The van der Waals surface area contributed by atoms with Crippen LogP contribution < -0.4 is 19.6 Å². The molecule has 0 aromatic heterocycles. The summed E-state index contributed by atoms with van der Waals surface area (Å²) in [5.41, 5.74) is 5.38. The Balaban J connectivity index is 1.55. The molecule has 184 valence electrons. The lowest BCUT2D eigenvalue weighted by Gasteiger charge is -2.20. The second kappa shape index (κ2) is 11.8.